The molecule has 3 aromatic heterocycles. The SMILES string of the molecule is Cc1nc(C)c(C(=O)N2CCCC(c3[nH]ncc3-c3ccncc3)C2)s1. The first kappa shape index (κ1) is 16.9. The van der Waals surface area contributed by atoms with Crippen molar-refractivity contribution in [3.8, 4) is 11.1 Å². The van der Waals surface area contributed by atoms with Gasteiger partial charge in [0.2, 0.25) is 0 Å². The minimum Gasteiger partial charge on any atom is -0.337 e. The van der Waals surface area contributed by atoms with Crippen molar-refractivity contribution in [2.45, 2.75) is 32.6 Å². The smallest absolute Gasteiger partial charge is 0.265 e. The molecule has 0 spiro atoms. The van der Waals surface area contributed by atoms with Crippen LogP contribution in [0.1, 0.15) is 44.8 Å². The van der Waals surface area contributed by atoms with Gasteiger partial charge in [-0.2, -0.15) is 5.10 Å². The number of H-pyrrole nitrogens is 1. The van der Waals surface area contributed by atoms with Crippen molar-refractivity contribution in [2.24, 2.45) is 0 Å². The zero-order valence-corrected chi connectivity index (χ0v) is 15.7. The van der Waals surface area contributed by atoms with Crippen LogP contribution in [0.15, 0.2) is 30.7 Å². The number of pyridine rings is 1. The molecule has 3 aromatic rings. The third-order valence-electron chi connectivity index (χ3n) is 4.87. The average molecular weight is 367 g/mol. The van der Waals surface area contributed by atoms with Crippen molar-refractivity contribution in [1.29, 1.82) is 0 Å². The number of rotatable bonds is 3. The summed E-state index contributed by atoms with van der Waals surface area (Å²) in [5, 5.41) is 8.37. The van der Waals surface area contributed by atoms with Gasteiger partial charge in [0.1, 0.15) is 4.88 Å². The number of carbonyl (C=O) groups is 1. The Hall–Kier alpha value is -2.54. The number of likely N-dealkylation sites (tertiary alicyclic amines) is 1. The van der Waals surface area contributed by atoms with Gasteiger partial charge in [0.05, 0.1) is 16.9 Å². The summed E-state index contributed by atoms with van der Waals surface area (Å²) in [6.45, 7) is 5.35. The van der Waals surface area contributed by atoms with Crippen LogP contribution in [0.5, 0.6) is 0 Å². The zero-order chi connectivity index (χ0) is 18.1. The quantitative estimate of drug-likeness (QED) is 0.768. The van der Waals surface area contributed by atoms with Crippen LogP contribution < -0.4 is 0 Å². The fraction of sp³-hybridized carbons (Fsp3) is 0.368. The van der Waals surface area contributed by atoms with E-state index in [1.54, 1.807) is 12.4 Å². The summed E-state index contributed by atoms with van der Waals surface area (Å²) < 4.78 is 0. The Balaban J connectivity index is 1.58. The zero-order valence-electron chi connectivity index (χ0n) is 14.9. The maximum Gasteiger partial charge on any atom is 0.265 e. The van der Waals surface area contributed by atoms with Gasteiger partial charge in [-0.05, 0) is 44.4 Å². The summed E-state index contributed by atoms with van der Waals surface area (Å²) in [5.41, 5.74) is 4.13. The van der Waals surface area contributed by atoms with Crippen molar-refractivity contribution >= 4 is 17.2 Å². The average Bonchev–Trinajstić information content (AvgIpc) is 3.28. The normalized spacial score (nSPS) is 17.5. The number of hydrogen-bond acceptors (Lipinski definition) is 5. The molecule has 6 nitrogen and oxygen atoms in total. The molecule has 1 atom stereocenters. The molecule has 0 aliphatic carbocycles. The van der Waals surface area contributed by atoms with Gasteiger partial charge < -0.3 is 4.90 Å². The van der Waals surface area contributed by atoms with Gasteiger partial charge in [-0.3, -0.25) is 14.9 Å². The van der Waals surface area contributed by atoms with E-state index in [1.807, 2.05) is 37.1 Å². The molecular weight excluding hydrogens is 346 g/mol. The molecule has 0 saturated carbocycles. The molecule has 4 heterocycles. The summed E-state index contributed by atoms with van der Waals surface area (Å²) in [6, 6.07) is 3.98. The molecule has 1 amide bonds. The van der Waals surface area contributed by atoms with Gasteiger partial charge in [-0.15, -0.1) is 11.3 Å². The maximum atomic E-state index is 13.0. The standard InChI is InChI=1S/C19H21N5OS/c1-12-18(26-13(2)22-12)19(25)24-9-3-4-15(11-24)17-16(10-21-23-17)14-5-7-20-8-6-14/h5-8,10,15H,3-4,9,11H2,1-2H3,(H,21,23). The van der Waals surface area contributed by atoms with Crippen LogP contribution in [-0.4, -0.2) is 44.1 Å². The molecule has 1 aliphatic rings. The number of aryl methyl sites for hydroxylation is 2. The van der Waals surface area contributed by atoms with E-state index in [2.05, 4.69) is 20.2 Å². The number of aromatic amines is 1. The fourth-order valence-electron chi connectivity index (χ4n) is 3.64. The van der Waals surface area contributed by atoms with Crippen molar-refractivity contribution in [2.75, 3.05) is 13.1 Å². The van der Waals surface area contributed by atoms with E-state index in [-0.39, 0.29) is 11.8 Å². The lowest BCUT2D eigenvalue weighted by Crippen LogP contribution is -2.39. The predicted octanol–water partition coefficient (Wildman–Crippen LogP) is 3.56. The highest BCUT2D eigenvalue weighted by molar-refractivity contribution is 7.13. The lowest BCUT2D eigenvalue weighted by atomic mass is 9.90. The first-order valence-electron chi connectivity index (χ1n) is 8.80. The number of nitrogens with zero attached hydrogens (tertiary/aromatic N) is 4. The number of piperidine rings is 1. The van der Waals surface area contributed by atoms with E-state index in [1.165, 1.54) is 11.3 Å². The Bertz CT molecular complexity index is 917. The second kappa shape index (κ2) is 6.99. The molecule has 26 heavy (non-hydrogen) atoms. The Labute approximate surface area is 156 Å². The van der Waals surface area contributed by atoms with Gasteiger partial charge in [0, 0.05) is 42.7 Å². The molecule has 4 rings (SSSR count). The molecule has 1 N–H and O–H groups in total. The fourth-order valence-corrected chi connectivity index (χ4v) is 4.53. The van der Waals surface area contributed by atoms with Gasteiger partial charge >= 0.3 is 0 Å². The highest BCUT2D eigenvalue weighted by atomic mass is 32.1. The van der Waals surface area contributed by atoms with E-state index in [9.17, 15) is 4.79 Å². The molecule has 134 valence electrons. The minimum absolute atomic E-state index is 0.0998. The third kappa shape index (κ3) is 3.14. The van der Waals surface area contributed by atoms with Crippen LogP contribution >= 0.6 is 11.3 Å². The summed E-state index contributed by atoms with van der Waals surface area (Å²) in [5.74, 6) is 0.357. The monoisotopic (exact) mass is 367 g/mol. The lowest BCUT2D eigenvalue weighted by molar-refractivity contribution is 0.0710. The van der Waals surface area contributed by atoms with Crippen molar-refractivity contribution in [1.82, 2.24) is 25.1 Å². The van der Waals surface area contributed by atoms with Crippen LogP contribution in [0.25, 0.3) is 11.1 Å². The number of nitrogens with one attached hydrogen (secondary N) is 1. The number of amides is 1. The summed E-state index contributed by atoms with van der Waals surface area (Å²) >= 11 is 1.49. The molecule has 0 aromatic carbocycles. The first-order valence-corrected chi connectivity index (χ1v) is 9.62. The van der Waals surface area contributed by atoms with Crippen molar-refractivity contribution in [3.63, 3.8) is 0 Å². The maximum absolute atomic E-state index is 13.0. The van der Waals surface area contributed by atoms with Gasteiger partial charge in [-0.1, -0.05) is 0 Å². The molecular formula is C19H21N5OS. The second-order valence-corrected chi connectivity index (χ2v) is 7.87. The highest BCUT2D eigenvalue weighted by Crippen LogP contribution is 2.33. The highest BCUT2D eigenvalue weighted by Gasteiger charge is 2.29. The molecule has 1 aliphatic heterocycles. The first-order chi connectivity index (χ1) is 12.6. The number of thiazole rings is 1. The van der Waals surface area contributed by atoms with Gasteiger partial charge in [-0.25, -0.2) is 4.98 Å². The summed E-state index contributed by atoms with van der Waals surface area (Å²) in [6.07, 6.45) is 7.48. The van der Waals surface area contributed by atoms with Crippen LogP contribution in [0.2, 0.25) is 0 Å². The van der Waals surface area contributed by atoms with E-state index in [0.29, 0.717) is 6.54 Å². The Morgan fingerprint density at radius 1 is 1.31 bits per heavy atom. The molecule has 1 unspecified atom stereocenters. The molecule has 7 heteroatoms. The van der Waals surface area contributed by atoms with Crippen LogP contribution in [0.3, 0.4) is 0 Å². The second-order valence-electron chi connectivity index (χ2n) is 6.67. The lowest BCUT2D eigenvalue weighted by Gasteiger charge is -2.32. The van der Waals surface area contributed by atoms with Gasteiger partial charge in [0.15, 0.2) is 0 Å². The number of hydrogen-bond donors (Lipinski definition) is 1. The number of aromatic nitrogens is 4. The Morgan fingerprint density at radius 3 is 2.85 bits per heavy atom. The van der Waals surface area contributed by atoms with Crippen LogP contribution in [0.4, 0.5) is 0 Å². The van der Waals surface area contributed by atoms with Crippen LogP contribution in [-0.2, 0) is 0 Å². The van der Waals surface area contributed by atoms with E-state index in [4.69, 9.17) is 0 Å². The van der Waals surface area contributed by atoms with Crippen LogP contribution in [0, 0.1) is 13.8 Å². The molecule has 0 bridgehead atoms. The minimum atomic E-state index is 0.0998. The summed E-state index contributed by atoms with van der Waals surface area (Å²) in [4.78, 5) is 24.2. The van der Waals surface area contributed by atoms with E-state index in [0.717, 1.165) is 51.8 Å². The molecule has 0 radical (unpaired) electrons. The predicted molar refractivity (Wildman–Crippen MR) is 101 cm³/mol. The Kier molecular flexibility index (Phi) is 4.55. The number of carbonyl (C=O) groups excluding carboxylic acids is 1. The third-order valence-corrected chi connectivity index (χ3v) is 5.94. The van der Waals surface area contributed by atoms with Crippen molar-refractivity contribution < 1.29 is 4.79 Å². The van der Waals surface area contributed by atoms with E-state index >= 15 is 0 Å². The van der Waals surface area contributed by atoms with E-state index < -0.39 is 0 Å². The van der Waals surface area contributed by atoms with Gasteiger partial charge in [0.25, 0.3) is 5.91 Å². The molecule has 1 saturated heterocycles. The Morgan fingerprint density at radius 2 is 2.12 bits per heavy atom. The largest absolute Gasteiger partial charge is 0.337 e. The topological polar surface area (TPSA) is 74.8 Å². The molecule has 1 fully saturated rings. The summed E-state index contributed by atoms with van der Waals surface area (Å²) in [7, 11) is 0. The van der Waals surface area contributed by atoms with Crippen molar-refractivity contribution in [3.05, 3.63) is 52.0 Å².